The normalized spacial score (nSPS) is 11.4. The second-order valence-electron chi connectivity index (χ2n) is 4.69. The average Bonchev–Trinajstić information content (AvgIpc) is 2.53. The predicted octanol–water partition coefficient (Wildman–Crippen LogP) is 2.09. The van der Waals surface area contributed by atoms with Crippen molar-refractivity contribution < 1.29 is 9.15 Å². The quantitative estimate of drug-likeness (QED) is 0.830. The number of nitrogens with zero attached hydrogens (tertiary/aromatic N) is 3. The SMILES string of the molecule is Cc1nc(OCCN(C)C)c2c(C)c(C)oc2n1. The van der Waals surface area contributed by atoms with Gasteiger partial charge in [-0.1, -0.05) is 0 Å². The van der Waals surface area contributed by atoms with Crippen LogP contribution in [0.4, 0.5) is 0 Å². The van der Waals surface area contributed by atoms with E-state index in [1.54, 1.807) is 0 Å². The van der Waals surface area contributed by atoms with E-state index in [-0.39, 0.29) is 0 Å². The van der Waals surface area contributed by atoms with Crippen LogP contribution in [0.15, 0.2) is 4.42 Å². The second-order valence-corrected chi connectivity index (χ2v) is 4.69. The van der Waals surface area contributed by atoms with Gasteiger partial charge in [-0.05, 0) is 34.9 Å². The van der Waals surface area contributed by atoms with Crippen LogP contribution >= 0.6 is 0 Å². The van der Waals surface area contributed by atoms with Crippen molar-refractivity contribution in [1.82, 2.24) is 14.9 Å². The number of fused-ring (bicyclic) bond motifs is 1. The molecule has 0 fully saturated rings. The largest absolute Gasteiger partial charge is 0.476 e. The van der Waals surface area contributed by atoms with Gasteiger partial charge in [0.05, 0.1) is 0 Å². The van der Waals surface area contributed by atoms with E-state index in [2.05, 4.69) is 14.9 Å². The average molecular weight is 249 g/mol. The first-order valence-electron chi connectivity index (χ1n) is 6.01. The zero-order valence-corrected chi connectivity index (χ0v) is 11.6. The zero-order chi connectivity index (χ0) is 13.3. The third kappa shape index (κ3) is 2.46. The monoisotopic (exact) mass is 249 g/mol. The van der Waals surface area contributed by atoms with Crippen molar-refractivity contribution in [2.24, 2.45) is 0 Å². The van der Waals surface area contributed by atoms with Gasteiger partial charge in [-0.25, -0.2) is 0 Å². The van der Waals surface area contributed by atoms with Crippen LogP contribution in [0.2, 0.25) is 0 Å². The highest BCUT2D eigenvalue weighted by molar-refractivity contribution is 5.83. The summed E-state index contributed by atoms with van der Waals surface area (Å²) in [5, 5.41) is 0.886. The molecule has 0 saturated heterocycles. The number of aryl methyl sites for hydroxylation is 3. The van der Waals surface area contributed by atoms with E-state index in [1.165, 1.54) is 0 Å². The number of hydrogen-bond donors (Lipinski definition) is 0. The molecule has 18 heavy (non-hydrogen) atoms. The van der Waals surface area contributed by atoms with Gasteiger partial charge in [0, 0.05) is 12.1 Å². The van der Waals surface area contributed by atoms with E-state index >= 15 is 0 Å². The van der Waals surface area contributed by atoms with Crippen molar-refractivity contribution in [2.45, 2.75) is 20.8 Å². The fraction of sp³-hybridized carbons (Fsp3) is 0.538. The third-order valence-electron chi connectivity index (χ3n) is 2.88. The Morgan fingerprint density at radius 1 is 1.17 bits per heavy atom. The number of likely N-dealkylation sites (N-methyl/N-ethyl adjacent to an activating group) is 1. The number of furan rings is 1. The first kappa shape index (κ1) is 12.8. The standard InChI is InChI=1S/C13H19N3O2/c1-8-9(2)18-13-11(8)12(14-10(3)15-13)17-7-6-16(4)5/h6-7H2,1-5H3. The van der Waals surface area contributed by atoms with Gasteiger partial charge < -0.3 is 14.1 Å². The maximum absolute atomic E-state index is 5.75. The molecular weight excluding hydrogens is 230 g/mol. The van der Waals surface area contributed by atoms with Gasteiger partial charge in [-0.3, -0.25) is 0 Å². The van der Waals surface area contributed by atoms with Crippen molar-refractivity contribution in [3.63, 3.8) is 0 Å². The molecule has 0 saturated carbocycles. The molecular formula is C13H19N3O2. The summed E-state index contributed by atoms with van der Waals surface area (Å²) in [5.74, 6) is 2.15. The first-order valence-corrected chi connectivity index (χ1v) is 6.01. The van der Waals surface area contributed by atoms with Crippen LogP contribution in [0.3, 0.4) is 0 Å². The molecule has 0 atom stereocenters. The first-order chi connectivity index (χ1) is 8.49. The van der Waals surface area contributed by atoms with E-state index in [4.69, 9.17) is 9.15 Å². The van der Waals surface area contributed by atoms with Gasteiger partial charge in [0.2, 0.25) is 11.6 Å². The van der Waals surface area contributed by atoms with Crippen LogP contribution in [0.5, 0.6) is 5.88 Å². The Labute approximate surface area is 107 Å². The molecule has 0 aliphatic rings. The molecule has 0 radical (unpaired) electrons. The molecule has 98 valence electrons. The molecule has 2 aromatic rings. The lowest BCUT2D eigenvalue weighted by atomic mass is 10.2. The van der Waals surface area contributed by atoms with Crippen LogP contribution in [0.25, 0.3) is 11.1 Å². The minimum Gasteiger partial charge on any atom is -0.476 e. The van der Waals surface area contributed by atoms with Crippen LogP contribution in [0.1, 0.15) is 17.1 Å². The Bertz CT molecular complexity index is 561. The summed E-state index contributed by atoms with van der Waals surface area (Å²) in [6.07, 6.45) is 0. The maximum atomic E-state index is 5.75. The topological polar surface area (TPSA) is 51.4 Å². The molecule has 5 nitrogen and oxygen atoms in total. The molecule has 0 amide bonds. The van der Waals surface area contributed by atoms with Crippen molar-refractivity contribution >= 4 is 11.1 Å². The van der Waals surface area contributed by atoms with Crippen LogP contribution in [-0.4, -0.2) is 42.1 Å². The summed E-state index contributed by atoms with van der Waals surface area (Å²) in [6, 6.07) is 0. The van der Waals surface area contributed by atoms with Gasteiger partial charge in [-0.15, -0.1) is 0 Å². The molecule has 0 N–H and O–H groups in total. The summed E-state index contributed by atoms with van der Waals surface area (Å²) >= 11 is 0. The molecule has 2 heterocycles. The number of rotatable bonds is 4. The van der Waals surface area contributed by atoms with E-state index < -0.39 is 0 Å². The molecule has 2 aromatic heterocycles. The van der Waals surface area contributed by atoms with Crippen LogP contribution in [-0.2, 0) is 0 Å². The van der Waals surface area contributed by atoms with Gasteiger partial charge in [0.25, 0.3) is 0 Å². The highest BCUT2D eigenvalue weighted by Gasteiger charge is 2.16. The van der Waals surface area contributed by atoms with Gasteiger partial charge >= 0.3 is 0 Å². The van der Waals surface area contributed by atoms with E-state index in [0.29, 0.717) is 24.0 Å². The molecule has 0 unspecified atom stereocenters. The Morgan fingerprint density at radius 3 is 2.56 bits per heavy atom. The summed E-state index contributed by atoms with van der Waals surface area (Å²) in [7, 11) is 4.02. The molecule has 0 bridgehead atoms. The lowest BCUT2D eigenvalue weighted by Crippen LogP contribution is -2.19. The number of ether oxygens (including phenoxy) is 1. The highest BCUT2D eigenvalue weighted by Crippen LogP contribution is 2.30. The second kappa shape index (κ2) is 4.94. The maximum Gasteiger partial charge on any atom is 0.233 e. The summed E-state index contributed by atoms with van der Waals surface area (Å²) in [4.78, 5) is 10.7. The Morgan fingerprint density at radius 2 is 1.89 bits per heavy atom. The van der Waals surface area contributed by atoms with Gasteiger partial charge in [0.1, 0.15) is 23.6 Å². The number of hydrogen-bond acceptors (Lipinski definition) is 5. The number of aromatic nitrogens is 2. The molecule has 0 aliphatic heterocycles. The van der Waals surface area contributed by atoms with Crippen molar-refractivity contribution in [3.05, 3.63) is 17.1 Å². The van der Waals surface area contributed by atoms with E-state index in [1.807, 2.05) is 34.9 Å². The molecule has 0 spiro atoms. The van der Waals surface area contributed by atoms with Gasteiger partial charge in [0.15, 0.2) is 0 Å². The molecule has 5 heteroatoms. The molecule has 2 rings (SSSR count). The fourth-order valence-corrected chi connectivity index (χ4v) is 1.74. The Balaban J connectivity index is 2.36. The fourth-order valence-electron chi connectivity index (χ4n) is 1.74. The summed E-state index contributed by atoms with van der Waals surface area (Å²) in [5.41, 5.74) is 1.65. The van der Waals surface area contributed by atoms with Crippen molar-refractivity contribution in [1.29, 1.82) is 0 Å². The highest BCUT2D eigenvalue weighted by atomic mass is 16.5. The van der Waals surface area contributed by atoms with Gasteiger partial charge in [-0.2, -0.15) is 9.97 Å². The van der Waals surface area contributed by atoms with Crippen molar-refractivity contribution in [3.8, 4) is 5.88 Å². The summed E-state index contributed by atoms with van der Waals surface area (Å²) in [6.45, 7) is 7.21. The van der Waals surface area contributed by atoms with Crippen molar-refractivity contribution in [2.75, 3.05) is 27.2 Å². The van der Waals surface area contributed by atoms with E-state index in [0.717, 1.165) is 23.3 Å². The minimum atomic E-state index is 0.599. The molecule has 0 aliphatic carbocycles. The predicted molar refractivity (Wildman–Crippen MR) is 70.1 cm³/mol. The lowest BCUT2D eigenvalue weighted by Gasteiger charge is -2.11. The molecule has 0 aromatic carbocycles. The lowest BCUT2D eigenvalue weighted by molar-refractivity contribution is 0.255. The van der Waals surface area contributed by atoms with E-state index in [9.17, 15) is 0 Å². The van der Waals surface area contributed by atoms with Crippen LogP contribution < -0.4 is 4.74 Å². The zero-order valence-electron chi connectivity index (χ0n) is 11.6. The van der Waals surface area contributed by atoms with Crippen LogP contribution in [0, 0.1) is 20.8 Å². The summed E-state index contributed by atoms with van der Waals surface area (Å²) < 4.78 is 11.4. The Kier molecular flexibility index (Phi) is 3.52. The third-order valence-corrected chi connectivity index (χ3v) is 2.88. The smallest absolute Gasteiger partial charge is 0.233 e. The Hall–Kier alpha value is -1.62. The minimum absolute atomic E-state index is 0.599.